The molecule has 1 amide bonds. The Hall–Kier alpha value is -5.32. The van der Waals surface area contributed by atoms with Gasteiger partial charge in [-0.1, -0.05) is 18.2 Å². The molecule has 1 aromatic heterocycles. The monoisotopic (exact) mass is 557 g/mol. The normalized spacial score (nSPS) is 16.3. The van der Waals surface area contributed by atoms with Crippen LogP contribution in [0.15, 0.2) is 72.4 Å². The Labute approximate surface area is 234 Å². The molecule has 11 heteroatoms. The number of methoxy groups -OCH3 is 1. The maximum Gasteiger partial charge on any atom is 0.295 e. The lowest BCUT2D eigenvalue weighted by molar-refractivity contribution is -0.384. The van der Waals surface area contributed by atoms with Gasteiger partial charge in [-0.3, -0.25) is 19.7 Å². The molecule has 3 N–H and O–H groups in total. The summed E-state index contributed by atoms with van der Waals surface area (Å²) in [5.41, 5.74) is 1.71. The van der Waals surface area contributed by atoms with E-state index in [1.807, 2.05) is 24.4 Å². The van der Waals surface area contributed by atoms with Gasteiger partial charge in [0.25, 0.3) is 17.4 Å². The van der Waals surface area contributed by atoms with Crippen molar-refractivity contribution in [1.29, 1.82) is 0 Å². The minimum absolute atomic E-state index is 0.0229. The Balaban J connectivity index is 1.60. The van der Waals surface area contributed by atoms with Crippen LogP contribution in [0.3, 0.4) is 0 Å². The molecule has 0 unspecified atom stereocenters. The zero-order chi connectivity index (χ0) is 29.3. The van der Waals surface area contributed by atoms with Gasteiger partial charge in [0.1, 0.15) is 11.5 Å². The SMILES string of the molecule is CCOc1cc([C@H]2C(=C(O)c3cccc([N+](=O)[O-])c3)C(=O)C(=O)N2CCc2c[nH]c3ccc(OC)cc23)ccc1O. The van der Waals surface area contributed by atoms with E-state index in [1.54, 1.807) is 20.1 Å². The molecule has 0 bridgehead atoms. The van der Waals surface area contributed by atoms with E-state index in [2.05, 4.69) is 4.98 Å². The number of hydrogen-bond donors (Lipinski definition) is 3. The van der Waals surface area contributed by atoms with Crippen LogP contribution in [-0.2, 0) is 16.0 Å². The highest BCUT2D eigenvalue weighted by atomic mass is 16.6. The third-order valence-electron chi connectivity index (χ3n) is 7.07. The van der Waals surface area contributed by atoms with E-state index in [1.165, 1.54) is 35.2 Å². The second kappa shape index (κ2) is 11.0. The van der Waals surface area contributed by atoms with E-state index in [0.29, 0.717) is 17.7 Å². The molecule has 0 spiro atoms. The molecule has 1 saturated heterocycles. The molecule has 1 fully saturated rings. The molecule has 41 heavy (non-hydrogen) atoms. The first-order valence-corrected chi connectivity index (χ1v) is 12.9. The maximum atomic E-state index is 13.4. The molecule has 1 aliphatic heterocycles. The van der Waals surface area contributed by atoms with Gasteiger partial charge in [0, 0.05) is 41.3 Å². The Bertz CT molecular complexity index is 1710. The summed E-state index contributed by atoms with van der Waals surface area (Å²) in [5, 5.41) is 33.8. The van der Waals surface area contributed by atoms with E-state index in [-0.39, 0.29) is 41.5 Å². The second-order valence-electron chi connectivity index (χ2n) is 9.44. The molecule has 1 atom stereocenters. The van der Waals surface area contributed by atoms with E-state index in [0.717, 1.165) is 22.5 Å². The lowest BCUT2D eigenvalue weighted by Crippen LogP contribution is -2.31. The molecule has 0 radical (unpaired) electrons. The van der Waals surface area contributed by atoms with Gasteiger partial charge in [0.15, 0.2) is 11.5 Å². The number of aromatic amines is 1. The number of aliphatic hydroxyl groups is 1. The first-order chi connectivity index (χ1) is 19.7. The number of likely N-dealkylation sites (tertiary alicyclic amines) is 1. The standard InChI is InChI=1S/C30H27N3O8/c1-3-41-25-14-17(7-10-24(25)34)27-26(28(35)18-5-4-6-20(13-18)33(38)39)29(36)30(37)32(27)12-11-19-16-31-23-9-8-21(40-2)15-22(19)23/h4-10,13-16,27,31,34-35H,3,11-12H2,1-2H3/t27-/m0/s1. The van der Waals surface area contributed by atoms with Gasteiger partial charge < -0.3 is 29.6 Å². The van der Waals surface area contributed by atoms with Gasteiger partial charge in [-0.15, -0.1) is 0 Å². The minimum Gasteiger partial charge on any atom is -0.507 e. The Morgan fingerprint density at radius 1 is 1.12 bits per heavy atom. The smallest absolute Gasteiger partial charge is 0.295 e. The third-order valence-corrected chi connectivity index (χ3v) is 7.07. The largest absolute Gasteiger partial charge is 0.507 e. The minimum atomic E-state index is -1.05. The van der Waals surface area contributed by atoms with Crippen LogP contribution in [0, 0.1) is 10.1 Å². The number of Topliss-reactive ketones (excluding diaryl/α,β-unsaturated/α-hetero) is 1. The van der Waals surface area contributed by atoms with Crippen molar-refractivity contribution in [2.45, 2.75) is 19.4 Å². The number of hydrogen-bond acceptors (Lipinski definition) is 8. The van der Waals surface area contributed by atoms with Gasteiger partial charge in [0.05, 0.1) is 30.3 Å². The highest BCUT2D eigenvalue weighted by Gasteiger charge is 2.46. The number of aromatic nitrogens is 1. The number of carbonyl (C=O) groups is 2. The van der Waals surface area contributed by atoms with Crippen molar-refractivity contribution in [3.8, 4) is 17.2 Å². The van der Waals surface area contributed by atoms with Gasteiger partial charge in [0.2, 0.25) is 0 Å². The Kier molecular flexibility index (Phi) is 7.34. The van der Waals surface area contributed by atoms with Gasteiger partial charge in [-0.25, -0.2) is 0 Å². The van der Waals surface area contributed by atoms with Crippen LogP contribution >= 0.6 is 0 Å². The summed E-state index contributed by atoms with van der Waals surface area (Å²) < 4.78 is 10.9. The fourth-order valence-corrected chi connectivity index (χ4v) is 5.08. The zero-order valence-electron chi connectivity index (χ0n) is 22.3. The number of ketones is 1. The number of aromatic hydroxyl groups is 1. The van der Waals surface area contributed by atoms with Crippen molar-refractivity contribution in [2.24, 2.45) is 0 Å². The molecule has 11 nitrogen and oxygen atoms in total. The molecule has 3 aromatic carbocycles. The fourth-order valence-electron chi connectivity index (χ4n) is 5.08. The number of carbonyl (C=O) groups excluding carboxylic acids is 2. The molecule has 2 heterocycles. The van der Waals surface area contributed by atoms with Crippen molar-refractivity contribution in [3.05, 3.63) is 99.2 Å². The summed E-state index contributed by atoms with van der Waals surface area (Å²) in [4.78, 5) is 42.1. The number of H-pyrrole nitrogens is 1. The van der Waals surface area contributed by atoms with Crippen LogP contribution in [0.4, 0.5) is 5.69 Å². The Morgan fingerprint density at radius 3 is 2.66 bits per heavy atom. The molecule has 210 valence electrons. The number of ether oxygens (including phenoxy) is 2. The lowest BCUT2D eigenvalue weighted by Gasteiger charge is -2.26. The molecule has 0 saturated carbocycles. The molecule has 0 aliphatic carbocycles. The summed E-state index contributed by atoms with van der Waals surface area (Å²) in [6.45, 7) is 2.11. The van der Waals surface area contributed by atoms with Crippen LogP contribution in [0.5, 0.6) is 17.2 Å². The summed E-state index contributed by atoms with van der Waals surface area (Å²) in [6.07, 6.45) is 2.19. The van der Waals surface area contributed by atoms with Crippen LogP contribution in [0.2, 0.25) is 0 Å². The maximum absolute atomic E-state index is 13.4. The summed E-state index contributed by atoms with van der Waals surface area (Å²) in [5.74, 6) is -1.60. The predicted molar refractivity (Wildman–Crippen MR) is 150 cm³/mol. The number of non-ortho nitro benzene ring substituents is 1. The fraction of sp³-hybridized carbons (Fsp3) is 0.200. The first-order valence-electron chi connectivity index (χ1n) is 12.9. The molecule has 5 rings (SSSR count). The van der Waals surface area contributed by atoms with Crippen molar-refractivity contribution >= 4 is 34.0 Å². The molecular weight excluding hydrogens is 530 g/mol. The van der Waals surface area contributed by atoms with Crippen LogP contribution in [-0.4, -0.2) is 57.0 Å². The van der Waals surface area contributed by atoms with Crippen molar-refractivity contribution in [2.75, 3.05) is 20.3 Å². The van der Waals surface area contributed by atoms with E-state index in [4.69, 9.17) is 9.47 Å². The summed E-state index contributed by atoms with van der Waals surface area (Å²) in [7, 11) is 1.57. The van der Waals surface area contributed by atoms with E-state index < -0.39 is 28.4 Å². The number of nitrogens with one attached hydrogen (secondary N) is 1. The quantitative estimate of drug-likeness (QED) is 0.0867. The number of nitrogens with zero attached hydrogens (tertiary/aromatic N) is 2. The molecular formula is C30H27N3O8. The number of fused-ring (bicyclic) bond motifs is 1. The van der Waals surface area contributed by atoms with Crippen molar-refractivity contribution in [3.63, 3.8) is 0 Å². The summed E-state index contributed by atoms with van der Waals surface area (Å²) >= 11 is 0. The van der Waals surface area contributed by atoms with Crippen LogP contribution in [0.25, 0.3) is 16.7 Å². The highest BCUT2D eigenvalue weighted by Crippen LogP contribution is 2.42. The van der Waals surface area contributed by atoms with Gasteiger partial charge in [-0.2, -0.15) is 0 Å². The Morgan fingerprint density at radius 2 is 1.93 bits per heavy atom. The number of phenols is 1. The number of aliphatic hydroxyl groups excluding tert-OH is 1. The van der Waals surface area contributed by atoms with Crippen LogP contribution < -0.4 is 9.47 Å². The first kappa shape index (κ1) is 27.3. The van der Waals surface area contributed by atoms with Crippen LogP contribution in [0.1, 0.15) is 29.7 Å². The van der Waals surface area contributed by atoms with Crippen molar-refractivity contribution in [1.82, 2.24) is 9.88 Å². The van der Waals surface area contributed by atoms with Gasteiger partial charge >= 0.3 is 0 Å². The number of benzene rings is 3. The third kappa shape index (κ3) is 5.05. The van der Waals surface area contributed by atoms with E-state index >= 15 is 0 Å². The average molecular weight is 558 g/mol. The van der Waals surface area contributed by atoms with E-state index in [9.17, 15) is 29.9 Å². The number of nitro groups is 1. The molecule has 1 aliphatic rings. The lowest BCUT2D eigenvalue weighted by atomic mass is 9.94. The predicted octanol–water partition coefficient (Wildman–Crippen LogP) is 4.85. The van der Waals surface area contributed by atoms with Crippen molar-refractivity contribution < 1.29 is 34.2 Å². The zero-order valence-corrected chi connectivity index (χ0v) is 22.3. The average Bonchev–Trinajstić information content (AvgIpc) is 3.49. The topological polar surface area (TPSA) is 155 Å². The summed E-state index contributed by atoms with van der Waals surface area (Å²) in [6, 6.07) is 14.2. The van der Waals surface area contributed by atoms with Gasteiger partial charge in [-0.05, 0) is 54.8 Å². The number of rotatable bonds is 9. The second-order valence-corrected chi connectivity index (χ2v) is 9.44. The number of phenolic OH excluding ortho intramolecular Hbond substituents is 1. The highest BCUT2D eigenvalue weighted by molar-refractivity contribution is 6.46. The number of amides is 1. The number of nitro benzene ring substituents is 1. The molecule has 4 aromatic rings.